The monoisotopic (exact) mass is 234 g/mol. The Bertz CT molecular complexity index is 370. The number of thioether (sulfide) groups is 1. The van der Waals surface area contributed by atoms with Crippen LogP contribution in [0.3, 0.4) is 0 Å². The van der Waals surface area contributed by atoms with Gasteiger partial charge in [-0.25, -0.2) is 0 Å². The first-order chi connectivity index (χ1) is 7.55. The Morgan fingerprint density at radius 1 is 1.25 bits per heavy atom. The molecule has 1 aliphatic carbocycles. The van der Waals surface area contributed by atoms with Crippen molar-refractivity contribution in [3.63, 3.8) is 0 Å². The maximum absolute atomic E-state index is 11.7. The largest absolute Gasteiger partial charge is 0.300 e. The summed E-state index contributed by atoms with van der Waals surface area (Å²) in [5.74, 6) is 0.421. The highest BCUT2D eigenvalue weighted by Crippen LogP contribution is 2.40. The number of hydrogen-bond donors (Lipinski definition) is 0. The minimum absolute atomic E-state index is 0.182. The van der Waals surface area contributed by atoms with Gasteiger partial charge in [0, 0.05) is 23.0 Å². The van der Waals surface area contributed by atoms with Gasteiger partial charge in [0.15, 0.2) is 0 Å². The number of rotatable bonds is 2. The lowest BCUT2D eigenvalue weighted by molar-refractivity contribution is -0.122. The third-order valence-electron chi connectivity index (χ3n) is 2.96. The zero-order valence-corrected chi connectivity index (χ0v) is 10.7. The topological polar surface area (TPSA) is 17.1 Å². The molecule has 0 radical (unpaired) electrons. The van der Waals surface area contributed by atoms with Crippen LogP contribution in [-0.2, 0) is 4.79 Å². The van der Waals surface area contributed by atoms with Gasteiger partial charge in [-0.05, 0) is 24.0 Å². The van der Waals surface area contributed by atoms with Gasteiger partial charge in [0.25, 0.3) is 0 Å². The Labute approximate surface area is 102 Å². The molecule has 2 heteroatoms. The molecule has 0 bridgehead atoms. The SMILES string of the molecule is CC1(C)CC(=O)C[C@@H](Sc2ccccc2)C1. The van der Waals surface area contributed by atoms with Crippen molar-refractivity contribution in [1.82, 2.24) is 0 Å². The van der Waals surface area contributed by atoms with Crippen molar-refractivity contribution in [3.05, 3.63) is 30.3 Å². The number of ketones is 1. The van der Waals surface area contributed by atoms with Crippen molar-refractivity contribution < 1.29 is 4.79 Å². The van der Waals surface area contributed by atoms with Gasteiger partial charge in [-0.2, -0.15) is 0 Å². The third kappa shape index (κ3) is 3.11. The van der Waals surface area contributed by atoms with Gasteiger partial charge in [0.05, 0.1) is 0 Å². The zero-order chi connectivity index (χ0) is 11.6. The van der Waals surface area contributed by atoms with E-state index in [1.54, 1.807) is 0 Å². The van der Waals surface area contributed by atoms with Gasteiger partial charge in [0.2, 0.25) is 0 Å². The predicted octanol–water partition coefficient (Wildman–Crippen LogP) is 3.93. The molecule has 0 aliphatic heterocycles. The summed E-state index contributed by atoms with van der Waals surface area (Å²) in [6, 6.07) is 10.4. The summed E-state index contributed by atoms with van der Waals surface area (Å²) in [5.41, 5.74) is 0.182. The van der Waals surface area contributed by atoms with E-state index in [1.807, 2.05) is 17.8 Å². The number of benzene rings is 1. The summed E-state index contributed by atoms with van der Waals surface area (Å²) < 4.78 is 0. The molecule has 1 nitrogen and oxygen atoms in total. The molecular weight excluding hydrogens is 216 g/mol. The van der Waals surface area contributed by atoms with Crippen LogP contribution in [0.2, 0.25) is 0 Å². The van der Waals surface area contributed by atoms with Gasteiger partial charge in [-0.1, -0.05) is 32.0 Å². The van der Waals surface area contributed by atoms with Crippen LogP contribution in [0.1, 0.15) is 33.1 Å². The molecule has 2 rings (SSSR count). The fourth-order valence-corrected chi connectivity index (χ4v) is 3.90. The van der Waals surface area contributed by atoms with E-state index >= 15 is 0 Å². The van der Waals surface area contributed by atoms with E-state index in [2.05, 4.69) is 38.1 Å². The average Bonchev–Trinajstić information content (AvgIpc) is 2.15. The molecule has 16 heavy (non-hydrogen) atoms. The lowest BCUT2D eigenvalue weighted by Gasteiger charge is -2.33. The quantitative estimate of drug-likeness (QED) is 0.771. The molecule has 0 heterocycles. The van der Waals surface area contributed by atoms with Gasteiger partial charge >= 0.3 is 0 Å². The number of Topliss-reactive ketones (excluding diaryl/α,β-unsaturated/α-hetero) is 1. The summed E-state index contributed by atoms with van der Waals surface area (Å²) >= 11 is 1.85. The molecule has 86 valence electrons. The Hall–Kier alpha value is -0.760. The second-order valence-corrected chi connectivity index (χ2v) is 6.71. The normalized spacial score (nSPS) is 24.4. The van der Waals surface area contributed by atoms with E-state index in [0.29, 0.717) is 11.0 Å². The third-order valence-corrected chi connectivity index (χ3v) is 4.17. The summed E-state index contributed by atoms with van der Waals surface area (Å²) in [4.78, 5) is 12.9. The molecular formula is C14H18OS. The lowest BCUT2D eigenvalue weighted by Crippen LogP contribution is -2.30. The second-order valence-electron chi connectivity index (χ2n) is 5.34. The highest BCUT2D eigenvalue weighted by Gasteiger charge is 2.33. The smallest absolute Gasteiger partial charge is 0.134 e. The molecule has 1 fully saturated rings. The minimum atomic E-state index is 0.182. The van der Waals surface area contributed by atoms with Crippen LogP contribution >= 0.6 is 11.8 Å². The molecule has 0 unspecified atom stereocenters. The Morgan fingerprint density at radius 2 is 1.94 bits per heavy atom. The molecule has 1 aliphatic rings. The van der Waals surface area contributed by atoms with Crippen molar-refractivity contribution in [2.75, 3.05) is 0 Å². The van der Waals surface area contributed by atoms with Crippen LogP contribution in [0.25, 0.3) is 0 Å². The first-order valence-electron chi connectivity index (χ1n) is 5.79. The maximum atomic E-state index is 11.7. The van der Waals surface area contributed by atoms with Gasteiger partial charge < -0.3 is 0 Å². The van der Waals surface area contributed by atoms with Crippen molar-refractivity contribution >= 4 is 17.5 Å². The number of carbonyl (C=O) groups excluding carboxylic acids is 1. The fraction of sp³-hybridized carbons (Fsp3) is 0.500. The van der Waals surface area contributed by atoms with Crippen LogP contribution in [0.4, 0.5) is 0 Å². The van der Waals surface area contributed by atoms with E-state index in [-0.39, 0.29) is 5.41 Å². The summed E-state index contributed by atoms with van der Waals surface area (Å²) in [6.07, 6.45) is 2.63. The molecule has 0 N–H and O–H groups in total. The second kappa shape index (κ2) is 4.62. The minimum Gasteiger partial charge on any atom is -0.300 e. The van der Waals surface area contributed by atoms with Crippen LogP contribution in [0, 0.1) is 5.41 Å². The lowest BCUT2D eigenvalue weighted by atomic mass is 9.77. The average molecular weight is 234 g/mol. The Kier molecular flexibility index (Phi) is 3.38. The molecule has 0 amide bonds. The Morgan fingerprint density at radius 3 is 2.56 bits per heavy atom. The van der Waals surface area contributed by atoms with Crippen molar-refractivity contribution in [3.8, 4) is 0 Å². The number of carbonyl (C=O) groups is 1. The van der Waals surface area contributed by atoms with E-state index in [0.717, 1.165) is 19.3 Å². The number of hydrogen-bond acceptors (Lipinski definition) is 2. The molecule has 1 aromatic carbocycles. The maximum Gasteiger partial charge on any atom is 0.134 e. The molecule has 0 aromatic heterocycles. The molecule has 1 aromatic rings. The van der Waals surface area contributed by atoms with Gasteiger partial charge in [-0.15, -0.1) is 11.8 Å². The fourth-order valence-electron chi connectivity index (χ4n) is 2.40. The zero-order valence-electron chi connectivity index (χ0n) is 9.90. The predicted molar refractivity (Wildman–Crippen MR) is 68.7 cm³/mol. The van der Waals surface area contributed by atoms with Crippen LogP contribution in [-0.4, -0.2) is 11.0 Å². The van der Waals surface area contributed by atoms with E-state index in [1.165, 1.54) is 4.90 Å². The van der Waals surface area contributed by atoms with Crippen LogP contribution in [0.5, 0.6) is 0 Å². The first kappa shape index (κ1) is 11.7. The van der Waals surface area contributed by atoms with Crippen molar-refractivity contribution in [1.29, 1.82) is 0 Å². The highest BCUT2D eigenvalue weighted by atomic mass is 32.2. The Balaban J connectivity index is 2.03. The first-order valence-corrected chi connectivity index (χ1v) is 6.66. The van der Waals surface area contributed by atoms with E-state index in [9.17, 15) is 4.79 Å². The van der Waals surface area contributed by atoms with E-state index < -0.39 is 0 Å². The summed E-state index contributed by atoms with van der Waals surface area (Å²) in [6.45, 7) is 4.39. The molecule has 0 spiro atoms. The van der Waals surface area contributed by atoms with E-state index in [4.69, 9.17) is 0 Å². The standard InChI is InChI=1S/C14H18OS/c1-14(2)9-11(15)8-13(10-14)16-12-6-4-3-5-7-12/h3-7,13H,8-10H2,1-2H3/t13-/m1/s1. The van der Waals surface area contributed by atoms with Gasteiger partial charge in [0.1, 0.15) is 5.78 Å². The summed E-state index contributed by atoms with van der Waals surface area (Å²) in [5, 5.41) is 0.457. The summed E-state index contributed by atoms with van der Waals surface area (Å²) in [7, 11) is 0. The van der Waals surface area contributed by atoms with Crippen molar-refractivity contribution in [2.24, 2.45) is 5.41 Å². The molecule has 1 saturated carbocycles. The van der Waals surface area contributed by atoms with Gasteiger partial charge in [-0.3, -0.25) is 4.79 Å². The van der Waals surface area contributed by atoms with Crippen LogP contribution in [0.15, 0.2) is 35.2 Å². The highest BCUT2D eigenvalue weighted by molar-refractivity contribution is 8.00. The molecule has 1 atom stereocenters. The van der Waals surface area contributed by atoms with Crippen LogP contribution < -0.4 is 0 Å². The molecule has 0 saturated heterocycles. The van der Waals surface area contributed by atoms with Crippen molar-refractivity contribution in [2.45, 2.75) is 43.3 Å².